The zero-order valence-corrected chi connectivity index (χ0v) is 16.4. The van der Waals surface area contributed by atoms with Crippen molar-refractivity contribution in [2.45, 2.75) is 39.0 Å². The molecule has 148 valence electrons. The maximum Gasteiger partial charge on any atom is 0.253 e. The minimum Gasteiger partial charge on any atom is -0.457 e. The third kappa shape index (κ3) is 5.12. The van der Waals surface area contributed by atoms with Gasteiger partial charge >= 0.3 is 0 Å². The van der Waals surface area contributed by atoms with E-state index >= 15 is 0 Å². The second-order valence-electron chi connectivity index (χ2n) is 7.39. The summed E-state index contributed by atoms with van der Waals surface area (Å²) in [5.41, 5.74) is 6.36. The predicted octanol–water partition coefficient (Wildman–Crippen LogP) is 4.62. The molecule has 0 radical (unpaired) electrons. The van der Waals surface area contributed by atoms with Gasteiger partial charge in [0.1, 0.15) is 11.5 Å². The average molecular weight is 380 g/mol. The third-order valence-corrected chi connectivity index (χ3v) is 5.31. The van der Waals surface area contributed by atoms with Crippen LogP contribution in [0.3, 0.4) is 0 Å². The third-order valence-electron chi connectivity index (χ3n) is 5.31. The van der Waals surface area contributed by atoms with Gasteiger partial charge in [0, 0.05) is 24.2 Å². The molecule has 1 saturated heterocycles. The molecule has 0 aromatic heterocycles. The number of benzene rings is 2. The summed E-state index contributed by atoms with van der Waals surface area (Å²) in [6.45, 7) is 3.90. The second kappa shape index (κ2) is 9.40. The number of rotatable bonds is 6. The number of hydrogen-bond acceptors (Lipinski definition) is 3. The topological polar surface area (TPSA) is 72.6 Å². The van der Waals surface area contributed by atoms with E-state index in [0.717, 1.165) is 31.8 Å². The van der Waals surface area contributed by atoms with Crippen LogP contribution in [0.4, 0.5) is 0 Å². The van der Waals surface area contributed by atoms with Crippen molar-refractivity contribution in [2.24, 2.45) is 11.7 Å². The fraction of sp³-hybridized carbons (Fsp3) is 0.391. The first-order valence-corrected chi connectivity index (χ1v) is 10.0. The van der Waals surface area contributed by atoms with Crippen molar-refractivity contribution in [1.82, 2.24) is 4.90 Å². The van der Waals surface area contributed by atoms with Crippen LogP contribution in [0.2, 0.25) is 0 Å². The van der Waals surface area contributed by atoms with Crippen LogP contribution < -0.4 is 10.5 Å². The summed E-state index contributed by atoms with van der Waals surface area (Å²) in [6.07, 6.45) is 5.87. The molecule has 2 aromatic rings. The fourth-order valence-corrected chi connectivity index (χ4v) is 3.74. The van der Waals surface area contributed by atoms with Crippen molar-refractivity contribution in [3.05, 3.63) is 59.7 Å². The smallest absolute Gasteiger partial charge is 0.253 e. The lowest BCUT2D eigenvalue weighted by Gasteiger charge is -2.21. The van der Waals surface area contributed by atoms with Crippen molar-refractivity contribution in [1.29, 1.82) is 0 Å². The van der Waals surface area contributed by atoms with Crippen molar-refractivity contribution < 1.29 is 14.3 Å². The molecular weight excluding hydrogens is 352 g/mol. The molecule has 0 saturated carbocycles. The molecule has 0 bridgehead atoms. The fourth-order valence-electron chi connectivity index (χ4n) is 3.74. The van der Waals surface area contributed by atoms with Gasteiger partial charge in [0.2, 0.25) is 5.91 Å². The van der Waals surface area contributed by atoms with Crippen LogP contribution in [0.25, 0.3) is 0 Å². The maximum absolute atomic E-state index is 12.8. The van der Waals surface area contributed by atoms with Gasteiger partial charge < -0.3 is 15.4 Å². The van der Waals surface area contributed by atoms with Gasteiger partial charge in [-0.25, -0.2) is 0 Å². The Kier molecular flexibility index (Phi) is 6.69. The first-order chi connectivity index (χ1) is 13.6. The average Bonchev–Trinajstić information content (AvgIpc) is 2.94. The van der Waals surface area contributed by atoms with Crippen LogP contribution in [-0.4, -0.2) is 29.8 Å². The summed E-state index contributed by atoms with van der Waals surface area (Å²) < 4.78 is 5.78. The highest BCUT2D eigenvalue weighted by molar-refractivity contribution is 5.94. The Morgan fingerprint density at radius 3 is 2.14 bits per heavy atom. The zero-order valence-electron chi connectivity index (χ0n) is 16.4. The lowest BCUT2D eigenvalue weighted by atomic mass is 9.96. The van der Waals surface area contributed by atoms with Crippen LogP contribution in [0, 0.1) is 5.92 Å². The molecule has 2 amide bonds. The van der Waals surface area contributed by atoms with Crippen LogP contribution in [-0.2, 0) is 0 Å². The molecule has 1 aliphatic rings. The summed E-state index contributed by atoms with van der Waals surface area (Å²) >= 11 is 0. The molecule has 1 aliphatic heterocycles. The lowest BCUT2D eigenvalue weighted by Crippen LogP contribution is -2.32. The molecule has 0 aliphatic carbocycles. The van der Waals surface area contributed by atoms with Gasteiger partial charge in [0.05, 0.1) is 0 Å². The van der Waals surface area contributed by atoms with Crippen LogP contribution in [0.1, 0.15) is 59.7 Å². The molecule has 1 fully saturated rings. The summed E-state index contributed by atoms with van der Waals surface area (Å²) in [4.78, 5) is 25.9. The van der Waals surface area contributed by atoms with Gasteiger partial charge in [0.25, 0.3) is 5.91 Å². The van der Waals surface area contributed by atoms with Gasteiger partial charge in [-0.15, -0.1) is 0 Å². The molecule has 2 N–H and O–H groups in total. The van der Waals surface area contributed by atoms with E-state index in [0.29, 0.717) is 22.6 Å². The number of nitrogens with two attached hydrogens (primary N) is 1. The Labute approximate surface area is 166 Å². The molecule has 5 heteroatoms. The van der Waals surface area contributed by atoms with Crippen molar-refractivity contribution >= 4 is 11.8 Å². The minimum atomic E-state index is -0.469. The molecule has 1 atom stereocenters. The molecule has 5 nitrogen and oxygen atoms in total. The van der Waals surface area contributed by atoms with E-state index in [1.165, 1.54) is 19.3 Å². The molecule has 28 heavy (non-hydrogen) atoms. The van der Waals surface area contributed by atoms with Crippen molar-refractivity contribution in [3.8, 4) is 11.5 Å². The number of carbonyl (C=O) groups excluding carboxylic acids is 2. The molecular formula is C23H28N2O3. The Morgan fingerprint density at radius 2 is 1.57 bits per heavy atom. The van der Waals surface area contributed by atoms with Gasteiger partial charge in [0.15, 0.2) is 0 Å². The highest BCUT2D eigenvalue weighted by Crippen LogP contribution is 2.25. The molecule has 1 unspecified atom stereocenters. The maximum atomic E-state index is 12.8. The van der Waals surface area contributed by atoms with Gasteiger partial charge in [-0.2, -0.15) is 0 Å². The number of primary amides is 1. The first kappa shape index (κ1) is 19.9. The van der Waals surface area contributed by atoms with E-state index in [4.69, 9.17) is 10.5 Å². The van der Waals surface area contributed by atoms with Crippen molar-refractivity contribution in [3.63, 3.8) is 0 Å². The normalized spacial score (nSPS) is 17.0. The largest absolute Gasteiger partial charge is 0.457 e. The standard InChI is InChI=1S/C23H28N2O3/c1-2-4-17-5-3-15-25(16-14-17)23(27)19-8-12-21(13-9-19)28-20-10-6-18(7-11-20)22(24)26/h6-13,17H,2-5,14-16H2,1H3,(H2,24,26). The number of nitrogens with zero attached hydrogens (tertiary/aromatic N) is 1. The number of likely N-dealkylation sites (tertiary alicyclic amines) is 1. The number of hydrogen-bond donors (Lipinski definition) is 1. The highest BCUT2D eigenvalue weighted by atomic mass is 16.5. The van der Waals surface area contributed by atoms with Crippen LogP contribution in [0.15, 0.2) is 48.5 Å². The summed E-state index contributed by atoms with van der Waals surface area (Å²) in [5, 5.41) is 0. The van der Waals surface area contributed by atoms with E-state index in [-0.39, 0.29) is 5.91 Å². The van der Waals surface area contributed by atoms with E-state index in [1.54, 1.807) is 36.4 Å². The summed E-state index contributed by atoms with van der Waals surface area (Å²) in [5.74, 6) is 1.62. The van der Waals surface area contributed by atoms with E-state index in [1.807, 2.05) is 17.0 Å². The molecule has 1 heterocycles. The van der Waals surface area contributed by atoms with Gasteiger partial charge in [-0.1, -0.05) is 19.8 Å². The zero-order chi connectivity index (χ0) is 19.9. The van der Waals surface area contributed by atoms with Crippen LogP contribution >= 0.6 is 0 Å². The molecule has 3 rings (SSSR count). The summed E-state index contributed by atoms with van der Waals surface area (Å²) in [7, 11) is 0. The second-order valence-corrected chi connectivity index (χ2v) is 7.39. The van der Waals surface area contributed by atoms with Crippen LogP contribution in [0.5, 0.6) is 11.5 Å². The Balaban J connectivity index is 1.60. The Morgan fingerprint density at radius 1 is 0.964 bits per heavy atom. The number of ether oxygens (including phenoxy) is 1. The molecule has 2 aromatic carbocycles. The van der Waals surface area contributed by atoms with E-state index in [2.05, 4.69) is 6.92 Å². The minimum absolute atomic E-state index is 0.0921. The Bertz CT molecular complexity index is 800. The van der Waals surface area contributed by atoms with E-state index in [9.17, 15) is 9.59 Å². The number of carbonyl (C=O) groups is 2. The lowest BCUT2D eigenvalue weighted by molar-refractivity contribution is 0.0759. The van der Waals surface area contributed by atoms with Crippen molar-refractivity contribution in [2.75, 3.05) is 13.1 Å². The SMILES string of the molecule is CCCC1CCCN(C(=O)c2ccc(Oc3ccc(C(N)=O)cc3)cc2)CC1. The number of amides is 2. The monoisotopic (exact) mass is 380 g/mol. The van der Waals surface area contributed by atoms with Gasteiger partial charge in [-0.05, 0) is 73.7 Å². The van der Waals surface area contributed by atoms with Gasteiger partial charge in [-0.3, -0.25) is 9.59 Å². The summed E-state index contributed by atoms with van der Waals surface area (Å²) in [6, 6.07) is 13.9. The highest BCUT2D eigenvalue weighted by Gasteiger charge is 2.21. The quantitative estimate of drug-likeness (QED) is 0.795. The first-order valence-electron chi connectivity index (χ1n) is 10.0. The Hall–Kier alpha value is -2.82. The van der Waals surface area contributed by atoms with E-state index < -0.39 is 5.91 Å². The molecule has 0 spiro atoms. The predicted molar refractivity (Wildman–Crippen MR) is 110 cm³/mol.